The van der Waals surface area contributed by atoms with Crippen molar-refractivity contribution in [3.05, 3.63) is 35.8 Å². The number of aromatic nitrogens is 2. The number of imidazole rings is 1. The number of rotatable bonds is 1. The lowest BCUT2D eigenvalue weighted by Crippen LogP contribution is -2.00. The van der Waals surface area contributed by atoms with Gasteiger partial charge in [-0.3, -0.25) is 4.40 Å². The highest BCUT2D eigenvalue weighted by Gasteiger charge is 2.16. The van der Waals surface area contributed by atoms with Gasteiger partial charge in [-0.2, -0.15) is 5.26 Å². The minimum Gasteiger partial charge on any atom is -0.476 e. The summed E-state index contributed by atoms with van der Waals surface area (Å²) >= 11 is 0. The molecule has 0 fully saturated rings. The summed E-state index contributed by atoms with van der Waals surface area (Å²) in [5.74, 6) is -1.19. The highest BCUT2D eigenvalue weighted by atomic mass is 16.4. The summed E-state index contributed by atoms with van der Waals surface area (Å²) in [5, 5.41) is 17.6. The molecule has 2 aromatic heterocycles. The van der Waals surface area contributed by atoms with Crippen LogP contribution in [-0.2, 0) is 0 Å². The second-order valence-corrected chi connectivity index (χ2v) is 2.65. The Labute approximate surface area is 78.8 Å². The molecule has 5 heteroatoms. The molecule has 0 saturated carbocycles. The van der Waals surface area contributed by atoms with E-state index in [9.17, 15) is 4.79 Å². The molecular weight excluding hydrogens is 182 g/mol. The smallest absolute Gasteiger partial charge is 0.357 e. The number of hydrogen-bond acceptors (Lipinski definition) is 3. The van der Waals surface area contributed by atoms with Gasteiger partial charge in [0.15, 0.2) is 11.4 Å². The van der Waals surface area contributed by atoms with Gasteiger partial charge in [0.1, 0.15) is 11.7 Å². The molecule has 0 bridgehead atoms. The number of aromatic carboxylic acids is 1. The Bertz CT molecular complexity index is 551. The Hall–Kier alpha value is -2.35. The van der Waals surface area contributed by atoms with Crippen molar-refractivity contribution in [3.63, 3.8) is 0 Å². The van der Waals surface area contributed by atoms with Crippen molar-refractivity contribution in [2.24, 2.45) is 0 Å². The predicted molar refractivity (Wildman–Crippen MR) is 46.9 cm³/mol. The van der Waals surface area contributed by atoms with E-state index < -0.39 is 5.97 Å². The fourth-order valence-corrected chi connectivity index (χ4v) is 1.25. The molecule has 0 spiro atoms. The first-order valence-electron chi connectivity index (χ1n) is 3.84. The summed E-state index contributed by atoms with van der Waals surface area (Å²) in [6.45, 7) is 0. The summed E-state index contributed by atoms with van der Waals surface area (Å²) in [7, 11) is 0. The average Bonchev–Trinajstić information content (AvgIpc) is 2.56. The van der Waals surface area contributed by atoms with Crippen LogP contribution in [0.1, 0.15) is 16.2 Å². The molecule has 0 unspecified atom stereocenters. The summed E-state index contributed by atoms with van der Waals surface area (Å²) in [6.07, 6.45) is 1.60. The lowest BCUT2D eigenvalue weighted by molar-refractivity contribution is 0.0691. The van der Waals surface area contributed by atoms with Crippen molar-refractivity contribution in [1.29, 1.82) is 5.26 Å². The molecule has 1 N–H and O–H groups in total. The van der Waals surface area contributed by atoms with E-state index >= 15 is 0 Å². The number of hydrogen-bond donors (Lipinski definition) is 1. The summed E-state index contributed by atoms with van der Waals surface area (Å²) in [4.78, 5) is 14.5. The summed E-state index contributed by atoms with van der Waals surface area (Å²) in [6, 6.07) is 6.91. The lowest BCUT2D eigenvalue weighted by Gasteiger charge is -1.91. The number of nitriles is 1. The van der Waals surface area contributed by atoms with Crippen LogP contribution in [0.5, 0.6) is 0 Å². The molecule has 0 aliphatic heterocycles. The van der Waals surface area contributed by atoms with E-state index in [1.54, 1.807) is 24.4 Å². The highest BCUT2D eigenvalue weighted by Crippen LogP contribution is 2.11. The van der Waals surface area contributed by atoms with Gasteiger partial charge in [-0.1, -0.05) is 6.07 Å². The molecule has 0 radical (unpaired) electrons. The Morgan fingerprint density at radius 1 is 1.57 bits per heavy atom. The van der Waals surface area contributed by atoms with Gasteiger partial charge in [0.05, 0.1) is 0 Å². The van der Waals surface area contributed by atoms with Crippen LogP contribution in [0.25, 0.3) is 5.65 Å². The van der Waals surface area contributed by atoms with E-state index in [1.165, 1.54) is 4.40 Å². The predicted octanol–water partition coefficient (Wildman–Crippen LogP) is 0.904. The summed E-state index contributed by atoms with van der Waals surface area (Å²) in [5.41, 5.74) is 0.299. The Balaban J connectivity index is 2.87. The van der Waals surface area contributed by atoms with Gasteiger partial charge in [0, 0.05) is 6.20 Å². The molecule has 2 aromatic rings. The van der Waals surface area contributed by atoms with E-state index in [0.717, 1.165) is 0 Å². The fraction of sp³-hybridized carbons (Fsp3) is 0. The van der Waals surface area contributed by atoms with Crippen molar-refractivity contribution < 1.29 is 9.90 Å². The first kappa shape index (κ1) is 8.26. The van der Waals surface area contributed by atoms with E-state index in [2.05, 4.69) is 4.98 Å². The third-order valence-electron chi connectivity index (χ3n) is 1.84. The average molecular weight is 187 g/mol. The number of carbonyl (C=O) groups is 1. The zero-order valence-corrected chi connectivity index (χ0v) is 7.01. The van der Waals surface area contributed by atoms with Crippen LogP contribution in [0.2, 0.25) is 0 Å². The van der Waals surface area contributed by atoms with Gasteiger partial charge in [-0.05, 0) is 12.1 Å². The first-order valence-corrected chi connectivity index (χ1v) is 3.84. The number of fused-ring (bicyclic) bond motifs is 1. The maximum atomic E-state index is 10.7. The van der Waals surface area contributed by atoms with Gasteiger partial charge in [-0.25, -0.2) is 9.78 Å². The largest absolute Gasteiger partial charge is 0.476 e. The van der Waals surface area contributed by atoms with Gasteiger partial charge in [0.2, 0.25) is 0 Å². The molecule has 2 heterocycles. The molecule has 14 heavy (non-hydrogen) atoms. The topological polar surface area (TPSA) is 78.4 Å². The number of carboxylic acid groups (broad SMARTS) is 1. The van der Waals surface area contributed by atoms with E-state index in [-0.39, 0.29) is 11.4 Å². The van der Waals surface area contributed by atoms with Crippen LogP contribution in [0.4, 0.5) is 0 Å². The number of pyridine rings is 1. The lowest BCUT2D eigenvalue weighted by atomic mass is 10.3. The van der Waals surface area contributed by atoms with E-state index in [1.807, 2.05) is 6.07 Å². The quantitative estimate of drug-likeness (QED) is 0.719. The number of nitrogens with zero attached hydrogens (tertiary/aromatic N) is 3. The van der Waals surface area contributed by atoms with Crippen LogP contribution in [-0.4, -0.2) is 20.5 Å². The molecule has 0 aliphatic rings. The highest BCUT2D eigenvalue weighted by molar-refractivity contribution is 5.89. The van der Waals surface area contributed by atoms with Crippen molar-refractivity contribution in [3.8, 4) is 6.07 Å². The second-order valence-electron chi connectivity index (χ2n) is 2.65. The Kier molecular flexibility index (Phi) is 1.68. The Morgan fingerprint density at radius 3 is 3.00 bits per heavy atom. The van der Waals surface area contributed by atoms with Crippen molar-refractivity contribution in [1.82, 2.24) is 9.38 Å². The molecule has 0 aromatic carbocycles. The van der Waals surface area contributed by atoms with Crippen molar-refractivity contribution >= 4 is 11.6 Å². The van der Waals surface area contributed by atoms with Gasteiger partial charge < -0.3 is 5.11 Å². The SMILES string of the molecule is N#Cc1c(C(=O)O)nc2ccccn12. The normalized spacial score (nSPS) is 9.93. The molecular formula is C9H5N3O2. The van der Waals surface area contributed by atoms with Crippen LogP contribution < -0.4 is 0 Å². The van der Waals surface area contributed by atoms with Gasteiger partial charge >= 0.3 is 5.97 Å². The zero-order valence-electron chi connectivity index (χ0n) is 7.01. The van der Waals surface area contributed by atoms with Crippen molar-refractivity contribution in [2.45, 2.75) is 0 Å². The van der Waals surface area contributed by atoms with Gasteiger partial charge in [0.25, 0.3) is 0 Å². The fourth-order valence-electron chi connectivity index (χ4n) is 1.25. The minimum absolute atomic E-state index is 0.0492. The first-order chi connectivity index (χ1) is 6.74. The Morgan fingerprint density at radius 2 is 2.36 bits per heavy atom. The third-order valence-corrected chi connectivity index (χ3v) is 1.84. The van der Waals surface area contributed by atoms with E-state index in [0.29, 0.717) is 5.65 Å². The molecule has 0 aliphatic carbocycles. The monoisotopic (exact) mass is 187 g/mol. The third kappa shape index (κ3) is 1.02. The minimum atomic E-state index is -1.19. The summed E-state index contributed by atoms with van der Waals surface area (Å²) < 4.78 is 1.45. The van der Waals surface area contributed by atoms with Crippen LogP contribution in [0, 0.1) is 11.3 Å². The molecule has 5 nitrogen and oxygen atoms in total. The molecule has 0 saturated heterocycles. The zero-order chi connectivity index (χ0) is 10.1. The van der Waals surface area contributed by atoms with Crippen LogP contribution in [0.15, 0.2) is 24.4 Å². The maximum absolute atomic E-state index is 10.7. The van der Waals surface area contributed by atoms with Crippen LogP contribution in [0.3, 0.4) is 0 Å². The number of carboxylic acids is 1. The van der Waals surface area contributed by atoms with Crippen LogP contribution >= 0.6 is 0 Å². The maximum Gasteiger partial charge on any atom is 0.357 e. The van der Waals surface area contributed by atoms with E-state index in [4.69, 9.17) is 10.4 Å². The second kappa shape index (κ2) is 2.85. The molecule has 0 atom stereocenters. The van der Waals surface area contributed by atoms with Crippen molar-refractivity contribution in [2.75, 3.05) is 0 Å². The van der Waals surface area contributed by atoms with Gasteiger partial charge in [-0.15, -0.1) is 0 Å². The molecule has 2 rings (SSSR count). The standard InChI is InChI=1S/C9H5N3O2/c10-5-6-8(9(13)14)11-7-3-1-2-4-12(6)7/h1-4H,(H,13,14). The molecule has 68 valence electrons. The molecule has 0 amide bonds.